The minimum absolute atomic E-state index is 0.0677. The minimum Gasteiger partial charge on any atom is -0.495 e. The summed E-state index contributed by atoms with van der Waals surface area (Å²) in [6, 6.07) is 4.04. The summed E-state index contributed by atoms with van der Waals surface area (Å²) in [5, 5.41) is 6.61. The zero-order valence-corrected chi connectivity index (χ0v) is 11.3. The van der Waals surface area contributed by atoms with Crippen LogP contribution < -0.4 is 15.4 Å². The fourth-order valence-corrected chi connectivity index (χ4v) is 1.80. The van der Waals surface area contributed by atoms with Crippen molar-refractivity contribution < 1.29 is 9.53 Å². The zero-order chi connectivity index (χ0) is 13.1. The molecule has 0 heterocycles. The van der Waals surface area contributed by atoms with Gasteiger partial charge in [0.1, 0.15) is 5.75 Å². The van der Waals surface area contributed by atoms with Crippen molar-refractivity contribution in [2.75, 3.05) is 19.0 Å². The topological polar surface area (TPSA) is 50.4 Å². The van der Waals surface area contributed by atoms with Gasteiger partial charge in [-0.15, -0.1) is 0 Å². The minimum atomic E-state index is -0.0677. The summed E-state index contributed by atoms with van der Waals surface area (Å²) in [5.74, 6) is 0.507. The summed E-state index contributed by atoms with van der Waals surface area (Å²) in [7, 11) is 1.55. The highest BCUT2D eigenvalue weighted by Gasteiger charge is 2.21. The first-order valence-electron chi connectivity index (χ1n) is 5.97. The molecule has 0 bridgehead atoms. The molecule has 1 aromatic rings. The van der Waals surface area contributed by atoms with E-state index < -0.39 is 0 Å². The molecule has 0 unspecified atom stereocenters. The van der Waals surface area contributed by atoms with Gasteiger partial charge in [-0.1, -0.05) is 11.6 Å². The van der Waals surface area contributed by atoms with E-state index in [9.17, 15) is 4.79 Å². The summed E-state index contributed by atoms with van der Waals surface area (Å²) in [6.45, 7) is 2.22. The highest BCUT2D eigenvalue weighted by molar-refractivity contribution is 6.31. The fourth-order valence-electron chi connectivity index (χ4n) is 1.65. The SMILES string of the molecule is COc1cc(Cl)c(C)cc1NC(=O)CNC1CC1. The molecule has 2 rings (SSSR count). The molecule has 1 aliphatic carbocycles. The molecule has 1 aliphatic rings. The van der Waals surface area contributed by atoms with Gasteiger partial charge < -0.3 is 15.4 Å². The van der Waals surface area contributed by atoms with Crippen LogP contribution in [0, 0.1) is 6.92 Å². The molecule has 1 saturated carbocycles. The smallest absolute Gasteiger partial charge is 0.238 e. The van der Waals surface area contributed by atoms with Crippen molar-refractivity contribution in [2.45, 2.75) is 25.8 Å². The number of carbonyl (C=O) groups excluding carboxylic acids is 1. The van der Waals surface area contributed by atoms with E-state index in [4.69, 9.17) is 16.3 Å². The van der Waals surface area contributed by atoms with Crippen LogP contribution in [-0.4, -0.2) is 25.6 Å². The molecule has 5 heteroatoms. The van der Waals surface area contributed by atoms with Gasteiger partial charge in [0, 0.05) is 17.1 Å². The predicted octanol–water partition coefficient (Wildman–Crippen LogP) is 2.35. The first-order chi connectivity index (χ1) is 8.60. The van der Waals surface area contributed by atoms with E-state index in [1.54, 1.807) is 13.2 Å². The van der Waals surface area contributed by atoms with Gasteiger partial charge >= 0.3 is 0 Å². The van der Waals surface area contributed by atoms with Crippen LogP contribution in [0.2, 0.25) is 5.02 Å². The summed E-state index contributed by atoms with van der Waals surface area (Å²) in [6.07, 6.45) is 2.33. The van der Waals surface area contributed by atoms with Crippen LogP contribution in [-0.2, 0) is 4.79 Å². The second-order valence-electron chi connectivity index (χ2n) is 4.51. The number of amides is 1. The van der Waals surface area contributed by atoms with Crippen LogP contribution in [0.15, 0.2) is 12.1 Å². The molecule has 1 fully saturated rings. The number of hydrogen-bond donors (Lipinski definition) is 2. The lowest BCUT2D eigenvalue weighted by molar-refractivity contribution is -0.115. The van der Waals surface area contributed by atoms with Crippen LogP contribution >= 0.6 is 11.6 Å². The monoisotopic (exact) mass is 268 g/mol. The molecule has 0 atom stereocenters. The molecule has 0 saturated heterocycles. The molecule has 18 heavy (non-hydrogen) atoms. The lowest BCUT2D eigenvalue weighted by atomic mass is 10.2. The molecule has 2 N–H and O–H groups in total. The van der Waals surface area contributed by atoms with E-state index in [0.29, 0.717) is 29.0 Å². The van der Waals surface area contributed by atoms with Crippen LogP contribution in [0.5, 0.6) is 5.75 Å². The average molecular weight is 269 g/mol. The van der Waals surface area contributed by atoms with E-state index in [-0.39, 0.29) is 5.91 Å². The number of nitrogens with one attached hydrogen (secondary N) is 2. The predicted molar refractivity (Wildman–Crippen MR) is 72.4 cm³/mol. The van der Waals surface area contributed by atoms with Crippen molar-refractivity contribution >= 4 is 23.2 Å². The Morgan fingerprint density at radius 2 is 2.22 bits per heavy atom. The number of carbonyl (C=O) groups is 1. The van der Waals surface area contributed by atoms with E-state index >= 15 is 0 Å². The second kappa shape index (κ2) is 5.59. The van der Waals surface area contributed by atoms with Crippen molar-refractivity contribution in [1.29, 1.82) is 0 Å². The quantitative estimate of drug-likeness (QED) is 0.862. The Balaban J connectivity index is 2.02. The number of hydrogen-bond acceptors (Lipinski definition) is 3. The van der Waals surface area contributed by atoms with Gasteiger partial charge in [-0.05, 0) is 31.4 Å². The van der Waals surface area contributed by atoms with Gasteiger partial charge in [-0.2, -0.15) is 0 Å². The van der Waals surface area contributed by atoms with Gasteiger partial charge in [-0.3, -0.25) is 4.79 Å². The summed E-state index contributed by atoms with van der Waals surface area (Å²) >= 11 is 6.01. The van der Waals surface area contributed by atoms with Gasteiger partial charge in [0.25, 0.3) is 0 Å². The average Bonchev–Trinajstić information content (AvgIpc) is 3.15. The Bertz CT molecular complexity index is 459. The molecule has 0 aromatic heterocycles. The number of ether oxygens (including phenoxy) is 1. The largest absolute Gasteiger partial charge is 0.495 e. The van der Waals surface area contributed by atoms with Crippen LogP contribution in [0.25, 0.3) is 0 Å². The van der Waals surface area contributed by atoms with Crippen molar-refractivity contribution in [3.63, 3.8) is 0 Å². The molecule has 0 aliphatic heterocycles. The Kier molecular flexibility index (Phi) is 4.09. The van der Waals surface area contributed by atoms with E-state index in [1.165, 1.54) is 0 Å². The lowest BCUT2D eigenvalue weighted by Crippen LogP contribution is -2.29. The maximum Gasteiger partial charge on any atom is 0.238 e. The van der Waals surface area contributed by atoms with Gasteiger partial charge in [0.05, 0.1) is 19.3 Å². The highest BCUT2D eigenvalue weighted by atomic mass is 35.5. The van der Waals surface area contributed by atoms with Gasteiger partial charge in [-0.25, -0.2) is 0 Å². The van der Waals surface area contributed by atoms with E-state index in [2.05, 4.69) is 10.6 Å². The molecular formula is C13H17ClN2O2. The third-order valence-electron chi connectivity index (χ3n) is 2.88. The number of aryl methyl sites for hydroxylation is 1. The number of methoxy groups -OCH3 is 1. The highest BCUT2D eigenvalue weighted by Crippen LogP contribution is 2.30. The van der Waals surface area contributed by atoms with Gasteiger partial charge in [0.15, 0.2) is 0 Å². The molecule has 0 radical (unpaired) electrons. The number of rotatable bonds is 5. The second-order valence-corrected chi connectivity index (χ2v) is 4.91. The molecule has 98 valence electrons. The Morgan fingerprint density at radius 3 is 2.83 bits per heavy atom. The molecule has 1 amide bonds. The van der Waals surface area contributed by atoms with Crippen molar-refractivity contribution in [2.24, 2.45) is 0 Å². The summed E-state index contributed by atoms with van der Waals surface area (Å²) in [4.78, 5) is 11.7. The molecular weight excluding hydrogens is 252 g/mol. The van der Waals surface area contributed by atoms with Crippen molar-refractivity contribution in [3.05, 3.63) is 22.7 Å². The Morgan fingerprint density at radius 1 is 1.50 bits per heavy atom. The van der Waals surface area contributed by atoms with Crippen LogP contribution in [0.1, 0.15) is 18.4 Å². The van der Waals surface area contributed by atoms with Crippen LogP contribution in [0.3, 0.4) is 0 Å². The first kappa shape index (κ1) is 13.2. The maximum atomic E-state index is 11.7. The summed E-state index contributed by atoms with van der Waals surface area (Å²) in [5.41, 5.74) is 1.56. The van der Waals surface area contributed by atoms with Crippen molar-refractivity contribution in [3.8, 4) is 5.75 Å². The Labute approximate surface area is 112 Å². The number of anilines is 1. The normalized spacial score (nSPS) is 14.4. The van der Waals surface area contributed by atoms with Crippen molar-refractivity contribution in [1.82, 2.24) is 5.32 Å². The lowest BCUT2D eigenvalue weighted by Gasteiger charge is -2.12. The van der Waals surface area contributed by atoms with Gasteiger partial charge in [0.2, 0.25) is 5.91 Å². The van der Waals surface area contributed by atoms with Crippen LogP contribution in [0.4, 0.5) is 5.69 Å². The number of benzene rings is 1. The third kappa shape index (κ3) is 3.37. The number of halogens is 1. The molecule has 1 aromatic carbocycles. The first-order valence-corrected chi connectivity index (χ1v) is 6.35. The van der Waals surface area contributed by atoms with E-state index in [1.807, 2.05) is 13.0 Å². The molecule has 4 nitrogen and oxygen atoms in total. The maximum absolute atomic E-state index is 11.7. The molecule has 0 spiro atoms. The zero-order valence-electron chi connectivity index (χ0n) is 10.5. The Hall–Kier alpha value is -1.26. The third-order valence-corrected chi connectivity index (χ3v) is 3.29. The standard InChI is InChI=1S/C13H17ClN2O2/c1-8-5-11(12(18-2)6-10(8)14)16-13(17)7-15-9-3-4-9/h5-6,9,15H,3-4,7H2,1-2H3,(H,16,17). The fraction of sp³-hybridized carbons (Fsp3) is 0.462. The summed E-state index contributed by atoms with van der Waals surface area (Å²) < 4.78 is 5.20. The van der Waals surface area contributed by atoms with E-state index in [0.717, 1.165) is 18.4 Å².